The highest BCUT2D eigenvalue weighted by atomic mass is 19.4. The Labute approximate surface area is 387 Å². The van der Waals surface area contributed by atoms with Gasteiger partial charge in [-0.2, -0.15) is 31.6 Å². The number of nitrogens with zero attached hydrogens (tertiary/aromatic N) is 3. The molecule has 11 rings (SSSR count). The second-order valence-corrected chi connectivity index (χ2v) is 17.2. The van der Waals surface area contributed by atoms with Crippen LogP contribution in [0.5, 0.6) is 0 Å². The van der Waals surface area contributed by atoms with Crippen LogP contribution in [-0.2, 0) is 12.4 Å². The lowest BCUT2D eigenvalue weighted by Gasteiger charge is -2.23. The zero-order valence-corrected chi connectivity index (χ0v) is 36.5. The molecule has 68 heavy (non-hydrogen) atoms. The van der Waals surface area contributed by atoms with Crippen LogP contribution in [0.4, 0.5) is 26.3 Å². The summed E-state index contributed by atoms with van der Waals surface area (Å²) in [7, 11) is 0. The first-order valence-electron chi connectivity index (χ1n) is 21.9. The van der Waals surface area contributed by atoms with Crippen LogP contribution < -0.4 is 0 Å². The molecule has 0 bridgehead atoms. The Morgan fingerprint density at radius 3 is 1.31 bits per heavy atom. The second-order valence-electron chi connectivity index (χ2n) is 17.2. The molecule has 11 aromatic rings. The highest BCUT2D eigenvalue weighted by molar-refractivity contribution is 6.13. The first-order chi connectivity index (χ1) is 32.8. The van der Waals surface area contributed by atoms with Crippen LogP contribution in [0.3, 0.4) is 0 Å². The van der Waals surface area contributed by atoms with Crippen LogP contribution in [-0.4, -0.2) is 9.13 Å². The van der Waals surface area contributed by atoms with E-state index >= 15 is 0 Å². The van der Waals surface area contributed by atoms with E-state index in [2.05, 4.69) is 36.4 Å². The third-order valence-corrected chi connectivity index (χ3v) is 12.9. The quantitative estimate of drug-likeness (QED) is 0.153. The zero-order chi connectivity index (χ0) is 47.1. The molecule has 0 aliphatic heterocycles. The van der Waals surface area contributed by atoms with Gasteiger partial charge in [0.1, 0.15) is 0 Å². The van der Waals surface area contributed by atoms with Gasteiger partial charge >= 0.3 is 12.4 Å². The minimum Gasteiger partial charge on any atom is -0.309 e. The number of para-hydroxylation sites is 2. The van der Waals surface area contributed by atoms with E-state index in [1.165, 1.54) is 6.07 Å². The molecule has 0 spiro atoms. The SMILES string of the molecule is Cc1cccc(-c2ccc3c(c2)c2ccccc2n3-c2cccc(C#N)c2-c2c(-c3cc(C(F)(F)F)cc(C(F)(F)F)c3)cccc2-n2c3ccccc3c3cc(-c4cccc(C)c4)ccc32)c1. The third-order valence-electron chi connectivity index (χ3n) is 12.9. The van der Waals surface area contributed by atoms with Crippen molar-refractivity contribution in [3.05, 3.63) is 216 Å². The van der Waals surface area contributed by atoms with Crippen LogP contribution >= 0.6 is 0 Å². The van der Waals surface area contributed by atoms with Crippen molar-refractivity contribution in [2.75, 3.05) is 0 Å². The number of hydrogen-bond donors (Lipinski definition) is 0. The van der Waals surface area contributed by atoms with E-state index in [1.54, 1.807) is 18.2 Å². The van der Waals surface area contributed by atoms with Crippen LogP contribution in [0.15, 0.2) is 188 Å². The molecule has 2 heterocycles. The van der Waals surface area contributed by atoms with Gasteiger partial charge in [0.15, 0.2) is 0 Å². The first-order valence-corrected chi connectivity index (χ1v) is 21.9. The van der Waals surface area contributed by atoms with Gasteiger partial charge in [-0.15, -0.1) is 0 Å². The highest BCUT2D eigenvalue weighted by Gasteiger charge is 2.38. The number of halogens is 6. The minimum absolute atomic E-state index is 0.0767. The number of aromatic nitrogens is 2. The predicted octanol–water partition coefficient (Wildman–Crippen LogP) is 17.1. The number of alkyl halides is 6. The number of nitriles is 1. The van der Waals surface area contributed by atoms with Crippen LogP contribution in [0.2, 0.25) is 0 Å². The smallest absolute Gasteiger partial charge is 0.309 e. The summed E-state index contributed by atoms with van der Waals surface area (Å²) < 4.78 is 92.3. The summed E-state index contributed by atoms with van der Waals surface area (Å²) >= 11 is 0. The molecule has 0 unspecified atom stereocenters. The van der Waals surface area contributed by atoms with Gasteiger partial charge in [0.25, 0.3) is 0 Å². The molecule has 0 N–H and O–H groups in total. The standard InChI is InChI=1S/C59H37F6N3/c1-35-11-7-13-37(27-35)39-23-25-52-48(31-39)46-16-3-5-19-50(46)67(52)54-21-9-15-41(34-66)56(54)57-45(42-29-43(58(60,61)62)33-44(30-42)59(63,64)65)18-10-22-55(57)68-51-20-6-4-17-47(51)49-32-40(24-26-53(49)68)38-14-8-12-36(2)28-38/h3-33H,1-2H3. The lowest BCUT2D eigenvalue weighted by atomic mass is 9.87. The van der Waals surface area contributed by atoms with Gasteiger partial charge < -0.3 is 9.13 Å². The van der Waals surface area contributed by atoms with E-state index in [1.807, 2.05) is 138 Å². The third kappa shape index (κ3) is 7.08. The maximum atomic E-state index is 14.7. The summed E-state index contributed by atoms with van der Waals surface area (Å²) in [5, 5.41) is 14.7. The summed E-state index contributed by atoms with van der Waals surface area (Å²) in [5.41, 5.74) is 7.91. The Bertz CT molecular complexity index is 3850. The Balaban J connectivity index is 1.27. The highest BCUT2D eigenvalue weighted by Crippen LogP contribution is 2.48. The van der Waals surface area contributed by atoms with Gasteiger partial charge in [-0.05, 0) is 120 Å². The summed E-state index contributed by atoms with van der Waals surface area (Å²) in [5.74, 6) is 0. The molecule has 0 saturated carbocycles. The van der Waals surface area contributed by atoms with E-state index in [9.17, 15) is 31.6 Å². The van der Waals surface area contributed by atoms with E-state index in [4.69, 9.17) is 0 Å². The van der Waals surface area contributed by atoms with Crippen molar-refractivity contribution in [3.63, 3.8) is 0 Å². The first kappa shape index (κ1) is 42.3. The van der Waals surface area contributed by atoms with E-state index in [-0.39, 0.29) is 28.3 Å². The van der Waals surface area contributed by atoms with Crippen molar-refractivity contribution < 1.29 is 26.3 Å². The molecule has 0 atom stereocenters. The maximum absolute atomic E-state index is 14.7. The van der Waals surface area contributed by atoms with Gasteiger partial charge in [0, 0.05) is 32.7 Å². The van der Waals surface area contributed by atoms with Crippen molar-refractivity contribution in [1.82, 2.24) is 9.13 Å². The average molecular weight is 902 g/mol. The molecule has 330 valence electrons. The van der Waals surface area contributed by atoms with Gasteiger partial charge in [-0.3, -0.25) is 0 Å². The fourth-order valence-electron chi connectivity index (χ4n) is 9.90. The number of hydrogen-bond acceptors (Lipinski definition) is 1. The summed E-state index contributed by atoms with van der Waals surface area (Å²) in [6.45, 7) is 4.06. The van der Waals surface area contributed by atoms with Crippen LogP contribution in [0.25, 0.3) is 99.5 Å². The van der Waals surface area contributed by atoms with Gasteiger partial charge in [0.2, 0.25) is 0 Å². The molecule has 9 heteroatoms. The molecular weight excluding hydrogens is 865 g/mol. The number of fused-ring (bicyclic) bond motifs is 6. The van der Waals surface area contributed by atoms with Crippen molar-refractivity contribution >= 4 is 43.6 Å². The van der Waals surface area contributed by atoms with Gasteiger partial charge in [-0.1, -0.05) is 126 Å². The largest absolute Gasteiger partial charge is 0.416 e. The maximum Gasteiger partial charge on any atom is 0.416 e. The molecule has 2 aromatic heterocycles. The van der Waals surface area contributed by atoms with Crippen molar-refractivity contribution in [1.29, 1.82) is 5.26 Å². The topological polar surface area (TPSA) is 33.6 Å². The monoisotopic (exact) mass is 901 g/mol. The summed E-state index contributed by atoms with van der Waals surface area (Å²) in [6, 6.07) is 58.6. The fourth-order valence-corrected chi connectivity index (χ4v) is 9.90. The zero-order valence-electron chi connectivity index (χ0n) is 36.5. The summed E-state index contributed by atoms with van der Waals surface area (Å²) in [4.78, 5) is 0. The molecule has 0 radical (unpaired) electrons. The summed E-state index contributed by atoms with van der Waals surface area (Å²) in [6.07, 6.45) is -10.2. The number of benzene rings is 9. The molecular formula is C59H37F6N3. The molecule has 0 amide bonds. The fraction of sp³-hybridized carbons (Fsp3) is 0.0678. The van der Waals surface area contributed by atoms with E-state index in [0.29, 0.717) is 16.9 Å². The second kappa shape index (κ2) is 15.9. The predicted molar refractivity (Wildman–Crippen MR) is 261 cm³/mol. The molecule has 3 nitrogen and oxygen atoms in total. The van der Waals surface area contributed by atoms with Crippen LogP contribution in [0.1, 0.15) is 27.8 Å². The Morgan fingerprint density at radius 1 is 0.382 bits per heavy atom. The lowest BCUT2D eigenvalue weighted by molar-refractivity contribution is -0.143. The lowest BCUT2D eigenvalue weighted by Crippen LogP contribution is -2.11. The van der Waals surface area contributed by atoms with Crippen LogP contribution in [0, 0.1) is 25.2 Å². The normalized spacial score (nSPS) is 12.1. The van der Waals surface area contributed by atoms with Gasteiger partial charge in [0.05, 0.1) is 56.2 Å². The number of rotatable bonds is 6. The molecule has 0 fully saturated rings. The van der Waals surface area contributed by atoms with Gasteiger partial charge in [-0.25, -0.2) is 0 Å². The van der Waals surface area contributed by atoms with E-state index in [0.717, 1.165) is 89.1 Å². The van der Waals surface area contributed by atoms with Crippen molar-refractivity contribution in [2.24, 2.45) is 0 Å². The Morgan fingerprint density at radius 2 is 0.824 bits per heavy atom. The molecule has 9 aromatic carbocycles. The Kier molecular flexibility index (Phi) is 9.90. The minimum atomic E-state index is -5.11. The molecule has 0 aliphatic carbocycles. The average Bonchev–Trinajstić information content (AvgIpc) is 3.85. The molecule has 0 saturated heterocycles. The molecule has 0 aliphatic rings. The van der Waals surface area contributed by atoms with E-state index < -0.39 is 23.5 Å². The van der Waals surface area contributed by atoms with Crippen molar-refractivity contribution in [3.8, 4) is 62.0 Å². The van der Waals surface area contributed by atoms with Crippen molar-refractivity contribution in [2.45, 2.75) is 26.2 Å². The Hall–Kier alpha value is -8.35. The number of aryl methyl sites for hydroxylation is 2.